The SMILES string of the molecule is COc1ccc(CN(Cc2ccc(OC)cc2)S(=O)(=O)c2c(S(=O)(=O)C3CN(C(=O)OC(C)(C)C)C3)ccc(-c3cccnc3N)c2-c2nnnn2Cc2ccc(OC)cc2)cc1. The van der Waals surface area contributed by atoms with Crippen molar-refractivity contribution in [2.24, 2.45) is 0 Å². The van der Waals surface area contributed by atoms with Crippen LogP contribution in [0.5, 0.6) is 17.2 Å². The molecule has 1 amide bonds. The van der Waals surface area contributed by atoms with Crippen molar-refractivity contribution in [2.45, 2.75) is 61.0 Å². The zero-order valence-electron chi connectivity index (χ0n) is 35.6. The molecule has 0 spiro atoms. The molecular formula is C44H48N8O9S2. The van der Waals surface area contributed by atoms with E-state index in [0.717, 1.165) is 5.56 Å². The monoisotopic (exact) mass is 896 g/mol. The van der Waals surface area contributed by atoms with Gasteiger partial charge in [0.1, 0.15) is 38.8 Å². The van der Waals surface area contributed by atoms with Crippen LogP contribution in [-0.4, -0.2) is 103 Å². The summed E-state index contributed by atoms with van der Waals surface area (Å²) in [4.78, 5) is 17.5. The predicted octanol–water partition coefficient (Wildman–Crippen LogP) is 5.84. The number of rotatable bonds is 15. The third kappa shape index (κ3) is 9.59. The van der Waals surface area contributed by atoms with Crippen molar-refractivity contribution >= 4 is 31.8 Å². The van der Waals surface area contributed by atoms with Crippen molar-refractivity contribution in [1.82, 2.24) is 34.4 Å². The summed E-state index contributed by atoms with van der Waals surface area (Å²) in [6.07, 6.45) is 0.800. The lowest BCUT2D eigenvalue weighted by Gasteiger charge is -2.39. The Kier molecular flexibility index (Phi) is 12.7. The Labute approximate surface area is 366 Å². The molecule has 1 saturated heterocycles. The van der Waals surface area contributed by atoms with Gasteiger partial charge in [-0.25, -0.2) is 31.3 Å². The van der Waals surface area contributed by atoms with Crippen molar-refractivity contribution in [3.8, 4) is 39.8 Å². The lowest BCUT2D eigenvalue weighted by atomic mass is 9.99. The first kappa shape index (κ1) is 44.5. The molecule has 0 aliphatic carbocycles. The minimum atomic E-state index is -4.91. The van der Waals surface area contributed by atoms with E-state index in [1.54, 1.807) is 113 Å². The molecule has 1 fully saturated rings. The van der Waals surface area contributed by atoms with E-state index in [1.807, 2.05) is 0 Å². The second-order valence-electron chi connectivity index (χ2n) is 15.8. The van der Waals surface area contributed by atoms with Crippen LogP contribution in [0.25, 0.3) is 22.5 Å². The van der Waals surface area contributed by atoms with Gasteiger partial charge in [-0.05, 0) is 108 Å². The number of sulfone groups is 1. The molecule has 19 heteroatoms. The molecule has 17 nitrogen and oxygen atoms in total. The van der Waals surface area contributed by atoms with Gasteiger partial charge in [-0.1, -0.05) is 42.5 Å². The highest BCUT2D eigenvalue weighted by Crippen LogP contribution is 2.44. The first-order valence-corrected chi connectivity index (χ1v) is 22.8. The van der Waals surface area contributed by atoms with Gasteiger partial charge in [-0.15, -0.1) is 5.10 Å². The van der Waals surface area contributed by atoms with Crippen LogP contribution in [-0.2, 0) is 44.2 Å². The number of anilines is 1. The Hall–Kier alpha value is -6.57. The van der Waals surface area contributed by atoms with E-state index < -0.39 is 46.6 Å². The normalized spacial score (nSPS) is 13.4. The molecule has 3 heterocycles. The number of nitrogens with zero attached hydrogens (tertiary/aromatic N) is 7. The number of amides is 1. The largest absolute Gasteiger partial charge is 0.497 e. The number of ether oxygens (including phenoxy) is 4. The summed E-state index contributed by atoms with van der Waals surface area (Å²) in [5, 5.41) is 11.5. The van der Waals surface area contributed by atoms with Crippen LogP contribution in [0.4, 0.5) is 10.6 Å². The number of hydrogen-bond acceptors (Lipinski definition) is 14. The van der Waals surface area contributed by atoms with Crippen LogP contribution >= 0.6 is 0 Å². The van der Waals surface area contributed by atoms with Crippen LogP contribution in [0.2, 0.25) is 0 Å². The molecule has 0 unspecified atom stereocenters. The fraction of sp³-hybridized carbons (Fsp3) is 0.295. The minimum Gasteiger partial charge on any atom is -0.497 e. The third-order valence-corrected chi connectivity index (χ3v) is 14.5. The van der Waals surface area contributed by atoms with Gasteiger partial charge in [0.25, 0.3) is 0 Å². The summed E-state index contributed by atoms with van der Waals surface area (Å²) >= 11 is 0. The Morgan fingerprint density at radius 1 is 0.762 bits per heavy atom. The van der Waals surface area contributed by atoms with Crippen molar-refractivity contribution < 1.29 is 40.6 Å². The summed E-state index contributed by atoms with van der Waals surface area (Å²) in [5.74, 6) is 1.73. The maximum Gasteiger partial charge on any atom is 0.410 e. The van der Waals surface area contributed by atoms with Crippen LogP contribution in [0.15, 0.2) is 113 Å². The number of pyridine rings is 1. The maximum atomic E-state index is 16.0. The second-order valence-corrected chi connectivity index (χ2v) is 19.9. The molecular weight excluding hydrogens is 849 g/mol. The lowest BCUT2D eigenvalue weighted by Crippen LogP contribution is -2.57. The maximum absolute atomic E-state index is 16.0. The second kappa shape index (κ2) is 18.0. The molecule has 0 radical (unpaired) electrons. The Morgan fingerprint density at radius 2 is 1.30 bits per heavy atom. The number of tetrazole rings is 1. The van der Waals surface area contributed by atoms with E-state index in [-0.39, 0.29) is 55.5 Å². The van der Waals surface area contributed by atoms with Crippen molar-refractivity contribution in [3.05, 3.63) is 120 Å². The molecule has 0 saturated carbocycles. The quantitative estimate of drug-likeness (QED) is 0.128. The molecule has 1 aliphatic rings. The molecule has 4 aromatic carbocycles. The van der Waals surface area contributed by atoms with Gasteiger partial charge in [0.2, 0.25) is 10.0 Å². The number of carbonyl (C=O) groups is 1. The molecule has 0 bridgehead atoms. The van der Waals surface area contributed by atoms with Crippen molar-refractivity contribution in [2.75, 3.05) is 40.2 Å². The van der Waals surface area contributed by atoms with Gasteiger partial charge < -0.3 is 29.6 Å². The number of likely N-dealkylation sites (tertiary alicyclic amines) is 1. The fourth-order valence-electron chi connectivity index (χ4n) is 7.04. The molecule has 7 rings (SSSR count). The van der Waals surface area contributed by atoms with Gasteiger partial charge in [-0.2, -0.15) is 4.31 Å². The number of benzene rings is 4. The first-order valence-electron chi connectivity index (χ1n) is 19.8. The number of methoxy groups -OCH3 is 3. The summed E-state index contributed by atoms with van der Waals surface area (Å²) in [6.45, 7) is 4.33. The molecule has 2 N–H and O–H groups in total. The minimum absolute atomic E-state index is 0.0483. The van der Waals surface area contributed by atoms with E-state index in [4.69, 9.17) is 24.7 Å². The number of carbonyl (C=O) groups excluding carboxylic acids is 1. The smallest absolute Gasteiger partial charge is 0.410 e. The average Bonchev–Trinajstić information content (AvgIpc) is 3.70. The van der Waals surface area contributed by atoms with Gasteiger partial charge in [0.05, 0.1) is 38.3 Å². The summed E-state index contributed by atoms with van der Waals surface area (Å²) in [7, 11) is -4.86. The predicted molar refractivity (Wildman–Crippen MR) is 234 cm³/mol. The Morgan fingerprint density at radius 3 is 1.81 bits per heavy atom. The zero-order valence-corrected chi connectivity index (χ0v) is 37.3. The molecule has 330 valence electrons. The summed E-state index contributed by atoms with van der Waals surface area (Å²) in [5.41, 5.74) is 7.98. The molecule has 2 aromatic heterocycles. The Bertz CT molecular complexity index is 2760. The highest BCUT2D eigenvalue weighted by molar-refractivity contribution is 7.94. The highest BCUT2D eigenvalue weighted by Gasteiger charge is 2.46. The molecule has 63 heavy (non-hydrogen) atoms. The van der Waals surface area contributed by atoms with E-state index in [1.165, 1.54) is 46.4 Å². The Balaban J connectivity index is 1.48. The molecule has 0 atom stereocenters. The van der Waals surface area contributed by atoms with Gasteiger partial charge in [-0.3, -0.25) is 0 Å². The first-order chi connectivity index (χ1) is 30.0. The van der Waals surface area contributed by atoms with E-state index in [9.17, 15) is 4.79 Å². The van der Waals surface area contributed by atoms with Gasteiger partial charge in [0.15, 0.2) is 15.7 Å². The summed E-state index contributed by atoms with van der Waals surface area (Å²) in [6, 6.07) is 26.9. The number of sulfonamides is 1. The van der Waals surface area contributed by atoms with Gasteiger partial charge in [0, 0.05) is 37.9 Å². The standard InChI is InChI=1S/C44H48N8O9S2/c1-44(2,3)61-43(53)50-27-35(28-50)62(54,55)38-22-21-36(37-8-7-23-46-41(37)45)39(42-47-48-49-52(42)26-31-13-19-34(60-6)20-14-31)40(38)63(56,57)51(24-29-9-15-32(58-4)16-10-29)25-30-11-17-33(59-5)18-12-30/h7-23,35H,24-28H2,1-6H3,(H2,45,46). The summed E-state index contributed by atoms with van der Waals surface area (Å²) < 4.78 is 86.4. The lowest BCUT2D eigenvalue weighted by molar-refractivity contribution is 0.0139. The number of nitrogen functional groups attached to an aromatic ring is 1. The average molecular weight is 897 g/mol. The van der Waals surface area contributed by atoms with Crippen LogP contribution in [0.1, 0.15) is 37.5 Å². The van der Waals surface area contributed by atoms with E-state index in [2.05, 4.69) is 20.5 Å². The van der Waals surface area contributed by atoms with Crippen LogP contribution in [0, 0.1) is 0 Å². The molecule has 6 aromatic rings. The topological polar surface area (TPSA) is 211 Å². The number of hydrogen-bond donors (Lipinski definition) is 1. The van der Waals surface area contributed by atoms with E-state index >= 15 is 16.8 Å². The van der Waals surface area contributed by atoms with Crippen LogP contribution in [0.3, 0.4) is 0 Å². The zero-order chi connectivity index (χ0) is 45.1. The van der Waals surface area contributed by atoms with Gasteiger partial charge >= 0.3 is 6.09 Å². The highest BCUT2D eigenvalue weighted by atomic mass is 32.2. The van der Waals surface area contributed by atoms with Crippen molar-refractivity contribution in [3.63, 3.8) is 0 Å². The fourth-order valence-corrected chi connectivity index (χ4v) is 11.1. The van der Waals surface area contributed by atoms with E-state index in [0.29, 0.717) is 33.9 Å². The number of nitrogens with two attached hydrogens (primary N) is 1. The van der Waals surface area contributed by atoms with Crippen molar-refractivity contribution in [1.29, 1.82) is 0 Å². The molecule has 1 aliphatic heterocycles. The van der Waals surface area contributed by atoms with Crippen LogP contribution < -0.4 is 19.9 Å². The number of aromatic nitrogens is 5. The third-order valence-electron chi connectivity index (χ3n) is 10.4.